The van der Waals surface area contributed by atoms with Crippen LogP contribution in [0.15, 0.2) is 81.7 Å². The summed E-state index contributed by atoms with van der Waals surface area (Å²) in [6.07, 6.45) is 1.79. The molecule has 3 aromatic carbocycles. The quantitative estimate of drug-likeness (QED) is 0.213. The van der Waals surface area contributed by atoms with Gasteiger partial charge in [-0.05, 0) is 75.2 Å². The van der Waals surface area contributed by atoms with Crippen molar-refractivity contribution in [3.63, 3.8) is 0 Å². The second-order valence-corrected chi connectivity index (χ2v) is 11.4. The van der Waals surface area contributed by atoms with Gasteiger partial charge in [0.05, 0.1) is 35.6 Å². The van der Waals surface area contributed by atoms with E-state index in [1.807, 2.05) is 74.5 Å². The lowest BCUT2D eigenvalue weighted by Gasteiger charge is -2.26. The molecule has 0 unspecified atom stereocenters. The Morgan fingerprint density at radius 3 is 2.52 bits per heavy atom. The zero-order valence-electron chi connectivity index (χ0n) is 26.0. The summed E-state index contributed by atoms with van der Waals surface area (Å²) in [7, 11) is 0. The van der Waals surface area contributed by atoms with Crippen LogP contribution in [0.5, 0.6) is 28.7 Å². The molecule has 0 amide bonds. The Kier molecular flexibility index (Phi) is 9.11. The maximum atomic E-state index is 14.1. The van der Waals surface area contributed by atoms with E-state index in [2.05, 4.69) is 4.99 Å². The van der Waals surface area contributed by atoms with Crippen LogP contribution in [-0.2, 0) is 16.1 Å². The van der Waals surface area contributed by atoms with Gasteiger partial charge in [0.15, 0.2) is 27.8 Å². The van der Waals surface area contributed by atoms with Gasteiger partial charge >= 0.3 is 5.97 Å². The van der Waals surface area contributed by atoms with Crippen LogP contribution in [-0.4, -0.2) is 37.1 Å². The van der Waals surface area contributed by atoms with Crippen LogP contribution in [0.2, 0.25) is 0 Å². The van der Waals surface area contributed by atoms with Crippen LogP contribution in [0.3, 0.4) is 0 Å². The summed E-state index contributed by atoms with van der Waals surface area (Å²) in [6, 6.07) is 17.9. The summed E-state index contributed by atoms with van der Waals surface area (Å²) in [6.45, 7) is 8.86. The lowest BCUT2D eigenvalue weighted by Crippen LogP contribution is -2.40. The average Bonchev–Trinajstić information content (AvgIpc) is 3.64. The molecule has 0 bridgehead atoms. The number of carbonyl (C=O) groups excluding carboxylic acids is 1. The van der Waals surface area contributed by atoms with Gasteiger partial charge in [-0.25, -0.2) is 9.79 Å². The number of aromatic nitrogens is 1. The van der Waals surface area contributed by atoms with Gasteiger partial charge in [0.25, 0.3) is 5.56 Å². The highest BCUT2D eigenvalue weighted by molar-refractivity contribution is 7.07. The van der Waals surface area contributed by atoms with Crippen LogP contribution >= 0.6 is 11.3 Å². The predicted octanol–water partition coefficient (Wildman–Crippen LogP) is 4.90. The smallest absolute Gasteiger partial charge is 0.338 e. The van der Waals surface area contributed by atoms with E-state index < -0.39 is 12.0 Å². The molecule has 3 heterocycles. The first-order valence-corrected chi connectivity index (χ1v) is 15.9. The molecule has 0 aliphatic carbocycles. The van der Waals surface area contributed by atoms with E-state index in [-0.39, 0.29) is 19.0 Å². The van der Waals surface area contributed by atoms with Crippen LogP contribution in [0, 0.1) is 0 Å². The second-order valence-electron chi connectivity index (χ2n) is 10.4. The number of fused-ring (bicyclic) bond motifs is 2. The lowest BCUT2D eigenvalue weighted by atomic mass is 9.95. The Morgan fingerprint density at radius 2 is 1.72 bits per heavy atom. The van der Waals surface area contributed by atoms with Gasteiger partial charge in [-0.3, -0.25) is 9.36 Å². The minimum atomic E-state index is -0.772. The molecule has 0 saturated carbocycles. The number of ether oxygens (including phenoxy) is 6. The summed E-state index contributed by atoms with van der Waals surface area (Å²) < 4.78 is 36.3. The molecule has 0 fully saturated rings. The number of esters is 1. The van der Waals surface area contributed by atoms with Crippen molar-refractivity contribution >= 4 is 23.4 Å². The Balaban J connectivity index is 1.38. The van der Waals surface area contributed by atoms with E-state index in [0.29, 0.717) is 74.7 Å². The van der Waals surface area contributed by atoms with Gasteiger partial charge in [0.2, 0.25) is 6.79 Å². The SMILES string of the molecule is CCOC(=O)C1=C(C)N=c2s/c(=C\c3ccc(OCc4ccc5c(c4)OCO5)c(OCC)c3)c(=O)n2[C@@H]1c1ccccc1OCC. The van der Waals surface area contributed by atoms with Gasteiger partial charge in [-0.2, -0.15) is 0 Å². The molecule has 2 aliphatic heterocycles. The van der Waals surface area contributed by atoms with Gasteiger partial charge in [-0.1, -0.05) is 41.7 Å². The summed E-state index contributed by atoms with van der Waals surface area (Å²) in [4.78, 5) is 32.5. The van der Waals surface area contributed by atoms with E-state index in [0.717, 1.165) is 11.1 Å². The zero-order chi connectivity index (χ0) is 32.2. The first kappa shape index (κ1) is 31.0. The highest BCUT2D eigenvalue weighted by Crippen LogP contribution is 2.36. The molecule has 0 N–H and O–H groups in total. The fraction of sp³-hybridized carbons (Fsp3) is 0.286. The summed E-state index contributed by atoms with van der Waals surface area (Å²) in [5.74, 6) is 2.58. The van der Waals surface area contributed by atoms with Crippen molar-refractivity contribution in [3.05, 3.63) is 108 Å². The maximum absolute atomic E-state index is 14.1. The first-order valence-electron chi connectivity index (χ1n) is 15.1. The van der Waals surface area contributed by atoms with Crippen molar-refractivity contribution in [2.45, 2.75) is 40.3 Å². The third-order valence-corrected chi connectivity index (χ3v) is 8.41. The molecule has 1 atom stereocenters. The molecule has 1 aromatic heterocycles. The standard InChI is InChI=1S/C35H34N2O8S/c1-5-40-25-11-9-8-10-24(25)32-31(34(39)42-7-3)21(4)36-35-37(32)33(38)30(46-35)18-22-12-14-26(28(16-22)41-6-2)43-19-23-13-15-27-29(17-23)45-20-44-27/h8-18,32H,5-7,19-20H2,1-4H3/b30-18-/t32-/m1/s1. The molecule has 0 radical (unpaired) electrons. The van der Waals surface area contributed by atoms with Crippen LogP contribution in [0.4, 0.5) is 0 Å². The third kappa shape index (κ3) is 6.10. The van der Waals surface area contributed by atoms with Gasteiger partial charge in [-0.15, -0.1) is 0 Å². The second kappa shape index (κ2) is 13.5. The average molecular weight is 643 g/mol. The van der Waals surface area contributed by atoms with E-state index in [1.165, 1.54) is 11.3 Å². The number of carbonyl (C=O) groups is 1. The summed E-state index contributed by atoms with van der Waals surface area (Å²) in [5.41, 5.74) is 2.86. The van der Waals surface area contributed by atoms with Crippen molar-refractivity contribution in [2.24, 2.45) is 4.99 Å². The van der Waals surface area contributed by atoms with Gasteiger partial charge in [0, 0.05) is 5.56 Å². The Hall–Kier alpha value is -5.03. The molecule has 0 spiro atoms. The van der Waals surface area contributed by atoms with Crippen LogP contribution in [0.25, 0.3) is 6.08 Å². The largest absolute Gasteiger partial charge is 0.494 e. The molecule has 10 nitrogen and oxygen atoms in total. The Labute approximate surface area is 269 Å². The highest BCUT2D eigenvalue weighted by Gasteiger charge is 2.35. The molecular weight excluding hydrogens is 608 g/mol. The minimum absolute atomic E-state index is 0.193. The molecule has 238 valence electrons. The number of hydrogen-bond donors (Lipinski definition) is 0. The van der Waals surface area contributed by atoms with Crippen molar-refractivity contribution in [2.75, 3.05) is 26.6 Å². The molecule has 6 rings (SSSR count). The van der Waals surface area contributed by atoms with Crippen molar-refractivity contribution in [1.29, 1.82) is 0 Å². The topological polar surface area (TPSA) is 107 Å². The van der Waals surface area contributed by atoms with Crippen molar-refractivity contribution < 1.29 is 33.2 Å². The number of hydrogen-bond acceptors (Lipinski definition) is 10. The van der Waals surface area contributed by atoms with E-state index in [9.17, 15) is 9.59 Å². The minimum Gasteiger partial charge on any atom is -0.494 e. The van der Waals surface area contributed by atoms with E-state index in [1.54, 1.807) is 24.5 Å². The lowest BCUT2D eigenvalue weighted by molar-refractivity contribution is -0.139. The van der Waals surface area contributed by atoms with Crippen LogP contribution < -0.4 is 38.6 Å². The molecule has 46 heavy (non-hydrogen) atoms. The molecule has 11 heteroatoms. The predicted molar refractivity (Wildman–Crippen MR) is 173 cm³/mol. The fourth-order valence-electron chi connectivity index (χ4n) is 5.42. The van der Waals surface area contributed by atoms with E-state index in [4.69, 9.17) is 28.4 Å². The monoisotopic (exact) mass is 642 g/mol. The van der Waals surface area contributed by atoms with Gasteiger partial charge < -0.3 is 28.4 Å². The normalized spacial score (nSPS) is 15.3. The fourth-order valence-corrected chi connectivity index (χ4v) is 6.47. The zero-order valence-corrected chi connectivity index (χ0v) is 26.8. The van der Waals surface area contributed by atoms with Crippen molar-refractivity contribution in [1.82, 2.24) is 4.57 Å². The van der Waals surface area contributed by atoms with Gasteiger partial charge in [0.1, 0.15) is 18.4 Å². The number of rotatable bonds is 11. The number of allylic oxidation sites excluding steroid dienone is 1. The summed E-state index contributed by atoms with van der Waals surface area (Å²) in [5, 5.41) is 0. The third-order valence-electron chi connectivity index (χ3n) is 7.43. The Bertz CT molecular complexity index is 1990. The molecule has 2 aliphatic rings. The maximum Gasteiger partial charge on any atom is 0.338 e. The molecule has 4 aromatic rings. The first-order chi connectivity index (χ1) is 22.4. The number of para-hydroxylation sites is 1. The van der Waals surface area contributed by atoms with Crippen LogP contribution in [0.1, 0.15) is 50.4 Å². The highest BCUT2D eigenvalue weighted by atomic mass is 32.1. The number of thiazole rings is 1. The van der Waals surface area contributed by atoms with E-state index >= 15 is 0 Å². The molecule has 0 saturated heterocycles. The Morgan fingerprint density at radius 1 is 0.935 bits per heavy atom. The van der Waals surface area contributed by atoms with Crippen molar-refractivity contribution in [3.8, 4) is 28.7 Å². The number of benzene rings is 3. The number of nitrogens with zero attached hydrogens (tertiary/aromatic N) is 2. The molecular formula is C35H34N2O8S. The summed E-state index contributed by atoms with van der Waals surface area (Å²) >= 11 is 1.25.